The SMILES string of the molecule is CC(C)=CCOc1ccc(-c2cccc(C(=O)O)c2)cc1. The Hall–Kier alpha value is -2.55. The molecular formula is C18H18O3. The van der Waals surface area contributed by atoms with Crippen LogP contribution in [0, 0.1) is 0 Å². The van der Waals surface area contributed by atoms with Gasteiger partial charge in [0.2, 0.25) is 0 Å². The van der Waals surface area contributed by atoms with Crippen LogP contribution in [0.4, 0.5) is 0 Å². The van der Waals surface area contributed by atoms with Crippen molar-refractivity contribution in [3.8, 4) is 16.9 Å². The quantitative estimate of drug-likeness (QED) is 0.827. The summed E-state index contributed by atoms with van der Waals surface area (Å²) in [6.45, 7) is 4.61. The molecule has 0 saturated heterocycles. The molecular weight excluding hydrogens is 264 g/mol. The number of hydrogen-bond donors (Lipinski definition) is 1. The molecule has 0 radical (unpaired) electrons. The number of carboxylic acids is 1. The Labute approximate surface area is 124 Å². The molecule has 0 amide bonds. The third-order valence-electron chi connectivity index (χ3n) is 3.04. The highest BCUT2D eigenvalue weighted by Crippen LogP contribution is 2.23. The van der Waals surface area contributed by atoms with E-state index in [4.69, 9.17) is 9.84 Å². The van der Waals surface area contributed by atoms with Crippen molar-refractivity contribution in [1.29, 1.82) is 0 Å². The first-order valence-electron chi connectivity index (χ1n) is 6.76. The van der Waals surface area contributed by atoms with Crippen molar-refractivity contribution in [3.05, 3.63) is 65.7 Å². The molecule has 21 heavy (non-hydrogen) atoms. The molecule has 108 valence electrons. The average molecular weight is 282 g/mol. The lowest BCUT2D eigenvalue weighted by Crippen LogP contribution is -1.96. The number of rotatable bonds is 5. The van der Waals surface area contributed by atoms with Crippen molar-refractivity contribution in [2.24, 2.45) is 0 Å². The van der Waals surface area contributed by atoms with Gasteiger partial charge in [-0.25, -0.2) is 4.79 Å². The molecule has 0 spiro atoms. The third kappa shape index (κ3) is 4.21. The van der Waals surface area contributed by atoms with Gasteiger partial charge in [0.15, 0.2) is 0 Å². The lowest BCUT2D eigenvalue weighted by Gasteiger charge is -2.06. The highest BCUT2D eigenvalue weighted by atomic mass is 16.5. The minimum atomic E-state index is -0.918. The summed E-state index contributed by atoms with van der Waals surface area (Å²) >= 11 is 0. The zero-order chi connectivity index (χ0) is 15.2. The van der Waals surface area contributed by atoms with Crippen molar-refractivity contribution in [2.75, 3.05) is 6.61 Å². The van der Waals surface area contributed by atoms with E-state index in [-0.39, 0.29) is 5.56 Å². The van der Waals surface area contributed by atoms with Crippen LogP contribution in [-0.4, -0.2) is 17.7 Å². The van der Waals surface area contributed by atoms with E-state index >= 15 is 0 Å². The number of carbonyl (C=O) groups is 1. The van der Waals surface area contributed by atoms with Crippen LogP contribution < -0.4 is 4.74 Å². The summed E-state index contributed by atoms with van der Waals surface area (Å²) in [6.07, 6.45) is 2.02. The molecule has 0 fully saturated rings. The van der Waals surface area contributed by atoms with Crippen LogP contribution in [0.25, 0.3) is 11.1 Å². The van der Waals surface area contributed by atoms with Gasteiger partial charge in [-0.05, 0) is 55.3 Å². The Morgan fingerprint density at radius 2 is 1.81 bits per heavy atom. The molecule has 0 heterocycles. The Balaban J connectivity index is 2.13. The van der Waals surface area contributed by atoms with E-state index in [1.54, 1.807) is 18.2 Å². The lowest BCUT2D eigenvalue weighted by atomic mass is 10.0. The van der Waals surface area contributed by atoms with E-state index in [2.05, 4.69) is 0 Å². The zero-order valence-corrected chi connectivity index (χ0v) is 12.2. The number of hydrogen-bond acceptors (Lipinski definition) is 2. The van der Waals surface area contributed by atoms with Crippen LogP contribution in [0.2, 0.25) is 0 Å². The van der Waals surface area contributed by atoms with Gasteiger partial charge < -0.3 is 9.84 Å². The summed E-state index contributed by atoms with van der Waals surface area (Å²) < 4.78 is 5.60. The monoisotopic (exact) mass is 282 g/mol. The van der Waals surface area contributed by atoms with E-state index in [9.17, 15) is 4.79 Å². The fourth-order valence-corrected chi connectivity index (χ4v) is 1.88. The second-order valence-electron chi connectivity index (χ2n) is 5.00. The van der Waals surface area contributed by atoms with Crippen molar-refractivity contribution < 1.29 is 14.6 Å². The van der Waals surface area contributed by atoms with E-state index in [1.165, 1.54) is 5.57 Å². The highest BCUT2D eigenvalue weighted by Gasteiger charge is 2.04. The van der Waals surface area contributed by atoms with Gasteiger partial charge in [-0.3, -0.25) is 0 Å². The molecule has 0 atom stereocenters. The Morgan fingerprint density at radius 3 is 2.43 bits per heavy atom. The van der Waals surface area contributed by atoms with Gasteiger partial charge in [-0.1, -0.05) is 29.8 Å². The number of aromatic carboxylic acids is 1. The van der Waals surface area contributed by atoms with Gasteiger partial charge in [0, 0.05) is 0 Å². The van der Waals surface area contributed by atoms with Crippen LogP contribution in [-0.2, 0) is 0 Å². The van der Waals surface area contributed by atoms with Gasteiger partial charge in [0.05, 0.1) is 5.56 Å². The maximum atomic E-state index is 11.0. The minimum Gasteiger partial charge on any atom is -0.490 e. The van der Waals surface area contributed by atoms with Gasteiger partial charge in [0.25, 0.3) is 0 Å². The van der Waals surface area contributed by atoms with E-state index in [1.807, 2.05) is 50.3 Å². The van der Waals surface area contributed by atoms with E-state index < -0.39 is 5.97 Å². The first kappa shape index (κ1) is 14.9. The zero-order valence-electron chi connectivity index (χ0n) is 12.2. The second-order valence-corrected chi connectivity index (χ2v) is 5.00. The third-order valence-corrected chi connectivity index (χ3v) is 3.04. The smallest absolute Gasteiger partial charge is 0.335 e. The predicted molar refractivity (Wildman–Crippen MR) is 83.8 cm³/mol. The maximum Gasteiger partial charge on any atom is 0.335 e. The van der Waals surface area contributed by atoms with Gasteiger partial charge in [-0.2, -0.15) is 0 Å². The summed E-state index contributed by atoms with van der Waals surface area (Å²) in [5.74, 6) is -0.121. The van der Waals surface area contributed by atoms with E-state index in [0.29, 0.717) is 6.61 Å². The number of allylic oxidation sites excluding steroid dienone is 1. The largest absolute Gasteiger partial charge is 0.490 e. The van der Waals surface area contributed by atoms with Crippen LogP contribution in [0.15, 0.2) is 60.2 Å². The summed E-state index contributed by atoms with van der Waals surface area (Å²) in [4.78, 5) is 11.0. The normalized spacial score (nSPS) is 10.0. The minimum absolute atomic E-state index is 0.288. The molecule has 0 saturated carbocycles. The standard InChI is InChI=1S/C18H18O3/c1-13(2)10-11-21-17-8-6-14(7-9-17)15-4-3-5-16(12-15)18(19)20/h3-10,12H,11H2,1-2H3,(H,19,20). The summed E-state index contributed by atoms with van der Waals surface area (Å²) in [7, 11) is 0. The molecule has 2 rings (SSSR count). The van der Waals surface area contributed by atoms with Crippen LogP contribution >= 0.6 is 0 Å². The predicted octanol–water partition coefficient (Wildman–Crippen LogP) is 4.40. The van der Waals surface area contributed by atoms with Crippen molar-refractivity contribution in [2.45, 2.75) is 13.8 Å². The molecule has 2 aromatic carbocycles. The second kappa shape index (κ2) is 6.75. The Kier molecular flexibility index (Phi) is 4.77. The molecule has 0 aliphatic rings. The molecule has 1 N–H and O–H groups in total. The molecule has 0 aliphatic heterocycles. The number of carboxylic acid groups (broad SMARTS) is 1. The van der Waals surface area contributed by atoms with Crippen molar-refractivity contribution in [1.82, 2.24) is 0 Å². The molecule has 3 heteroatoms. The van der Waals surface area contributed by atoms with Crippen LogP contribution in [0.5, 0.6) is 5.75 Å². The molecule has 0 bridgehead atoms. The van der Waals surface area contributed by atoms with Gasteiger partial charge in [-0.15, -0.1) is 0 Å². The maximum absolute atomic E-state index is 11.0. The van der Waals surface area contributed by atoms with Crippen LogP contribution in [0.1, 0.15) is 24.2 Å². The molecule has 0 aliphatic carbocycles. The topological polar surface area (TPSA) is 46.5 Å². The lowest BCUT2D eigenvalue weighted by molar-refractivity contribution is 0.0697. The molecule has 0 unspecified atom stereocenters. The highest BCUT2D eigenvalue weighted by molar-refractivity contribution is 5.89. The first-order chi connectivity index (χ1) is 10.1. The molecule has 2 aromatic rings. The van der Waals surface area contributed by atoms with E-state index in [0.717, 1.165) is 16.9 Å². The molecule has 3 nitrogen and oxygen atoms in total. The fraction of sp³-hybridized carbons (Fsp3) is 0.167. The Morgan fingerprint density at radius 1 is 1.10 bits per heavy atom. The fourth-order valence-electron chi connectivity index (χ4n) is 1.88. The van der Waals surface area contributed by atoms with Crippen molar-refractivity contribution in [3.63, 3.8) is 0 Å². The number of ether oxygens (including phenoxy) is 1. The van der Waals surface area contributed by atoms with Crippen molar-refractivity contribution >= 4 is 5.97 Å². The van der Waals surface area contributed by atoms with Crippen LogP contribution in [0.3, 0.4) is 0 Å². The van der Waals surface area contributed by atoms with Gasteiger partial charge in [0.1, 0.15) is 12.4 Å². The number of benzene rings is 2. The van der Waals surface area contributed by atoms with Gasteiger partial charge >= 0.3 is 5.97 Å². The summed E-state index contributed by atoms with van der Waals surface area (Å²) in [5.41, 5.74) is 3.35. The first-order valence-corrected chi connectivity index (χ1v) is 6.76. The summed E-state index contributed by atoms with van der Waals surface area (Å²) in [6, 6.07) is 14.5. The Bertz CT molecular complexity index is 650. The molecule has 0 aromatic heterocycles. The summed E-state index contributed by atoms with van der Waals surface area (Å²) in [5, 5.41) is 9.02. The average Bonchev–Trinajstić information content (AvgIpc) is 2.48.